The molecule has 0 aromatic carbocycles. The minimum Gasteiger partial charge on any atom is -0.464 e. The van der Waals surface area contributed by atoms with E-state index in [4.69, 9.17) is 5.11 Å². The van der Waals surface area contributed by atoms with Crippen molar-refractivity contribution in [2.45, 2.75) is 35.9 Å². The third-order valence-corrected chi connectivity index (χ3v) is 6.77. The van der Waals surface area contributed by atoms with E-state index < -0.39 is 16.0 Å². The van der Waals surface area contributed by atoms with Crippen molar-refractivity contribution in [3.05, 3.63) is 11.2 Å². The number of rotatable bonds is 7. The van der Waals surface area contributed by atoms with Gasteiger partial charge in [-0.25, -0.2) is 18.2 Å². The maximum atomic E-state index is 12.8. The number of hydrogen-bond acceptors (Lipinski definition) is 7. The van der Waals surface area contributed by atoms with Crippen molar-refractivity contribution in [3.63, 3.8) is 0 Å². The molecule has 0 radical (unpaired) electrons. The van der Waals surface area contributed by atoms with E-state index >= 15 is 0 Å². The minimum atomic E-state index is -3.80. The summed E-state index contributed by atoms with van der Waals surface area (Å²) in [5.74, 6) is -0.759. The van der Waals surface area contributed by atoms with Crippen LogP contribution in [0.25, 0.3) is 0 Å². The summed E-state index contributed by atoms with van der Waals surface area (Å²) in [5, 5.41) is 8.96. The quantitative estimate of drug-likeness (QED) is 0.743. The zero-order valence-electron chi connectivity index (χ0n) is 11.7. The zero-order valence-corrected chi connectivity index (χ0v) is 13.3. The standard InChI is InChI=1S/C12H18N2O5S2/c1-19-11(16)10-12(20-8-13-10)21(17,18)14(6-3-7-15)9-4-2-5-9/h8-9,15H,2-7H2,1H3. The molecule has 1 aromatic heterocycles. The van der Waals surface area contributed by atoms with Gasteiger partial charge in [0.2, 0.25) is 0 Å². The number of carbonyl (C=O) groups excluding carboxylic acids is 1. The third-order valence-electron chi connectivity index (χ3n) is 3.48. The Morgan fingerprint density at radius 3 is 2.81 bits per heavy atom. The van der Waals surface area contributed by atoms with Gasteiger partial charge in [0.1, 0.15) is 0 Å². The molecule has 2 rings (SSSR count). The van der Waals surface area contributed by atoms with Gasteiger partial charge in [-0.3, -0.25) is 0 Å². The lowest BCUT2D eigenvalue weighted by Crippen LogP contribution is -2.45. The van der Waals surface area contributed by atoms with Crippen LogP contribution in [0.15, 0.2) is 9.72 Å². The molecule has 0 atom stereocenters. The SMILES string of the molecule is COC(=O)c1ncsc1S(=O)(=O)N(CCCO)C1CCC1. The highest BCUT2D eigenvalue weighted by Gasteiger charge is 2.38. The number of aliphatic hydroxyl groups is 1. The van der Waals surface area contributed by atoms with Gasteiger partial charge in [0.25, 0.3) is 10.0 Å². The van der Waals surface area contributed by atoms with Crippen molar-refractivity contribution in [3.8, 4) is 0 Å². The van der Waals surface area contributed by atoms with E-state index in [0.29, 0.717) is 6.42 Å². The lowest BCUT2D eigenvalue weighted by Gasteiger charge is -2.36. The van der Waals surface area contributed by atoms with Gasteiger partial charge in [-0.15, -0.1) is 11.3 Å². The van der Waals surface area contributed by atoms with Gasteiger partial charge in [-0.05, 0) is 19.3 Å². The van der Waals surface area contributed by atoms with Crippen LogP contribution < -0.4 is 0 Å². The van der Waals surface area contributed by atoms with Crippen molar-refractivity contribution in [1.29, 1.82) is 0 Å². The fourth-order valence-corrected chi connectivity index (χ4v) is 5.13. The van der Waals surface area contributed by atoms with E-state index in [2.05, 4.69) is 9.72 Å². The fraction of sp³-hybridized carbons (Fsp3) is 0.667. The van der Waals surface area contributed by atoms with Gasteiger partial charge in [-0.1, -0.05) is 6.42 Å². The molecule has 1 fully saturated rings. The molecule has 118 valence electrons. The summed E-state index contributed by atoms with van der Waals surface area (Å²) < 4.78 is 31.4. The summed E-state index contributed by atoms with van der Waals surface area (Å²) >= 11 is 0.910. The molecule has 9 heteroatoms. The highest BCUT2D eigenvalue weighted by Crippen LogP contribution is 2.32. The number of methoxy groups -OCH3 is 1. The number of sulfonamides is 1. The summed E-state index contributed by atoms with van der Waals surface area (Å²) in [7, 11) is -2.61. The molecule has 7 nitrogen and oxygen atoms in total. The first kappa shape index (κ1) is 16.3. The second-order valence-electron chi connectivity index (χ2n) is 4.76. The molecule has 0 unspecified atom stereocenters. The molecule has 0 amide bonds. The van der Waals surface area contributed by atoms with Gasteiger partial charge in [0.15, 0.2) is 9.90 Å². The highest BCUT2D eigenvalue weighted by molar-refractivity contribution is 7.91. The van der Waals surface area contributed by atoms with E-state index in [1.165, 1.54) is 16.9 Å². The molecule has 21 heavy (non-hydrogen) atoms. The lowest BCUT2D eigenvalue weighted by molar-refractivity contribution is 0.0590. The van der Waals surface area contributed by atoms with Crippen LogP contribution in [-0.2, 0) is 14.8 Å². The van der Waals surface area contributed by atoms with E-state index in [0.717, 1.165) is 30.6 Å². The van der Waals surface area contributed by atoms with Gasteiger partial charge in [0, 0.05) is 19.2 Å². The topological polar surface area (TPSA) is 96.8 Å². The third kappa shape index (κ3) is 3.25. The smallest absolute Gasteiger partial charge is 0.358 e. The van der Waals surface area contributed by atoms with E-state index in [-0.39, 0.29) is 29.1 Å². The van der Waals surface area contributed by atoms with Crippen LogP contribution in [0.1, 0.15) is 36.2 Å². The van der Waals surface area contributed by atoms with Crippen molar-refractivity contribution in [1.82, 2.24) is 9.29 Å². The number of nitrogens with zero attached hydrogens (tertiary/aromatic N) is 2. The van der Waals surface area contributed by atoms with Crippen LogP contribution >= 0.6 is 11.3 Å². The average Bonchev–Trinajstić information content (AvgIpc) is 2.90. The maximum Gasteiger partial charge on any atom is 0.358 e. The zero-order chi connectivity index (χ0) is 15.5. The minimum absolute atomic E-state index is 0.0610. The van der Waals surface area contributed by atoms with Gasteiger partial charge in [-0.2, -0.15) is 4.31 Å². The Kier molecular flexibility index (Phi) is 5.31. The molecule has 1 saturated carbocycles. The largest absolute Gasteiger partial charge is 0.464 e. The van der Waals surface area contributed by atoms with Gasteiger partial charge >= 0.3 is 5.97 Å². The van der Waals surface area contributed by atoms with Crippen LogP contribution in [0.3, 0.4) is 0 Å². The van der Waals surface area contributed by atoms with E-state index in [1.54, 1.807) is 0 Å². The molecule has 0 aliphatic heterocycles. The molecule has 0 saturated heterocycles. The van der Waals surface area contributed by atoms with Crippen molar-refractivity contribution in [2.24, 2.45) is 0 Å². The van der Waals surface area contributed by atoms with Crippen molar-refractivity contribution >= 4 is 27.3 Å². The van der Waals surface area contributed by atoms with Crippen LogP contribution in [0.2, 0.25) is 0 Å². The summed E-state index contributed by atoms with van der Waals surface area (Å²) in [5.41, 5.74) is 1.15. The number of aliphatic hydroxyl groups excluding tert-OH is 1. The first-order chi connectivity index (χ1) is 10.0. The molecule has 1 aliphatic carbocycles. The molecule has 1 aromatic rings. The molecular weight excluding hydrogens is 316 g/mol. The Bertz CT molecular complexity index is 595. The normalized spacial score (nSPS) is 16.0. The Hall–Kier alpha value is -1.03. The number of carbonyl (C=O) groups is 1. The summed E-state index contributed by atoms with van der Waals surface area (Å²) in [6, 6.07) is -0.0610. The predicted molar refractivity (Wildman–Crippen MR) is 76.7 cm³/mol. The van der Waals surface area contributed by atoms with Crippen LogP contribution in [0.5, 0.6) is 0 Å². The average molecular weight is 334 g/mol. The molecular formula is C12H18N2O5S2. The maximum absolute atomic E-state index is 12.8. The molecule has 1 aliphatic rings. The van der Waals surface area contributed by atoms with Crippen molar-refractivity contribution in [2.75, 3.05) is 20.3 Å². The van der Waals surface area contributed by atoms with Crippen LogP contribution in [0, 0.1) is 0 Å². The summed E-state index contributed by atoms with van der Waals surface area (Å²) in [6.45, 7) is 0.160. The van der Waals surface area contributed by atoms with Crippen LogP contribution in [-0.4, -0.2) is 55.1 Å². The van der Waals surface area contributed by atoms with Crippen molar-refractivity contribution < 1.29 is 23.1 Å². The van der Waals surface area contributed by atoms with Gasteiger partial charge < -0.3 is 9.84 Å². The first-order valence-electron chi connectivity index (χ1n) is 6.67. The molecule has 0 spiro atoms. The second-order valence-corrected chi connectivity index (χ2v) is 7.70. The first-order valence-corrected chi connectivity index (χ1v) is 8.99. The Labute approximate surface area is 127 Å². The lowest BCUT2D eigenvalue weighted by atomic mass is 9.93. The Balaban J connectivity index is 2.33. The number of ether oxygens (including phenoxy) is 1. The van der Waals surface area contributed by atoms with E-state index in [9.17, 15) is 13.2 Å². The highest BCUT2D eigenvalue weighted by atomic mass is 32.2. The fourth-order valence-electron chi connectivity index (χ4n) is 2.16. The Morgan fingerprint density at radius 1 is 1.57 bits per heavy atom. The molecule has 1 N–H and O–H groups in total. The summed E-state index contributed by atoms with van der Waals surface area (Å²) in [4.78, 5) is 15.4. The second kappa shape index (κ2) is 6.82. The Morgan fingerprint density at radius 2 is 2.29 bits per heavy atom. The summed E-state index contributed by atoms with van der Waals surface area (Å²) in [6.07, 6.45) is 2.96. The molecule has 1 heterocycles. The number of esters is 1. The number of thiazole rings is 1. The van der Waals surface area contributed by atoms with Crippen LogP contribution in [0.4, 0.5) is 0 Å². The van der Waals surface area contributed by atoms with Gasteiger partial charge in [0.05, 0.1) is 12.6 Å². The van der Waals surface area contributed by atoms with E-state index in [1.807, 2.05) is 0 Å². The number of hydrogen-bond donors (Lipinski definition) is 1. The predicted octanol–water partition coefficient (Wildman–Crippen LogP) is 0.855. The number of aromatic nitrogens is 1. The molecule has 0 bridgehead atoms. The monoisotopic (exact) mass is 334 g/mol.